The molecule has 1 fully saturated rings. The summed E-state index contributed by atoms with van der Waals surface area (Å²) in [5.41, 5.74) is 6.64. The number of aromatic nitrogens is 1. The standard InChI is InChI=1S/C13H16N4O.C6H15N/c14-12(18)17-8-4-13(5-9-17)3-7-16-11-10(13)2-1-6-15-11;1-4-7(5-2)6-3/h1-2,6-7H,3-5,8-9H2,(H2,14,18);4-6H2,1-3H3. The molecule has 1 aromatic rings. The lowest BCUT2D eigenvalue weighted by Crippen LogP contribution is -2.47. The van der Waals surface area contributed by atoms with Gasteiger partial charge in [-0.05, 0) is 45.0 Å². The van der Waals surface area contributed by atoms with E-state index >= 15 is 0 Å². The van der Waals surface area contributed by atoms with Crippen molar-refractivity contribution >= 4 is 18.1 Å². The molecule has 0 unspecified atom stereocenters. The minimum atomic E-state index is -0.319. The molecule has 2 aliphatic heterocycles. The molecule has 138 valence electrons. The van der Waals surface area contributed by atoms with E-state index in [2.05, 4.69) is 41.7 Å². The molecule has 2 N–H and O–H groups in total. The number of amides is 2. The van der Waals surface area contributed by atoms with Crippen LogP contribution in [0.4, 0.5) is 10.6 Å². The zero-order chi connectivity index (χ0) is 18.3. The third kappa shape index (κ3) is 4.57. The Kier molecular flexibility index (Phi) is 6.93. The first kappa shape index (κ1) is 19.4. The monoisotopic (exact) mass is 345 g/mol. The van der Waals surface area contributed by atoms with E-state index in [1.54, 1.807) is 11.1 Å². The molecular formula is C19H31N5O. The summed E-state index contributed by atoms with van der Waals surface area (Å²) in [6.07, 6.45) is 6.52. The molecule has 0 saturated carbocycles. The molecule has 3 rings (SSSR count). The zero-order valence-corrected chi connectivity index (χ0v) is 15.7. The summed E-state index contributed by atoms with van der Waals surface area (Å²) >= 11 is 0. The number of carbonyl (C=O) groups excluding carboxylic acids is 1. The number of likely N-dealkylation sites (tertiary alicyclic amines) is 1. The first-order valence-electron chi connectivity index (χ1n) is 9.31. The lowest BCUT2D eigenvalue weighted by atomic mass is 9.70. The molecule has 25 heavy (non-hydrogen) atoms. The van der Waals surface area contributed by atoms with Gasteiger partial charge in [-0.15, -0.1) is 0 Å². The molecule has 0 aliphatic carbocycles. The van der Waals surface area contributed by atoms with Gasteiger partial charge in [-0.3, -0.25) is 0 Å². The smallest absolute Gasteiger partial charge is 0.314 e. The highest BCUT2D eigenvalue weighted by atomic mass is 16.2. The van der Waals surface area contributed by atoms with E-state index in [1.165, 1.54) is 25.2 Å². The fourth-order valence-electron chi connectivity index (χ4n) is 3.63. The Morgan fingerprint density at radius 3 is 2.40 bits per heavy atom. The molecule has 2 aliphatic rings. The zero-order valence-electron chi connectivity index (χ0n) is 15.7. The number of nitrogens with two attached hydrogens (primary N) is 1. The van der Waals surface area contributed by atoms with Gasteiger partial charge >= 0.3 is 6.03 Å². The van der Waals surface area contributed by atoms with Crippen molar-refractivity contribution in [1.29, 1.82) is 0 Å². The van der Waals surface area contributed by atoms with Gasteiger partial charge < -0.3 is 15.5 Å². The number of carbonyl (C=O) groups is 1. The van der Waals surface area contributed by atoms with E-state index in [0.29, 0.717) is 0 Å². The van der Waals surface area contributed by atoms with Crippen molar-refractivity contribution < 1.29 is 4.79 Å². The van der Waals surface area contributed by atoms with Crippen molar-refractivity contribution in [3.05, 3.63) is 23.9 Å². The summed E-state index contributed by atoms with van der Waals surface area (Å²) in [7, 11) is 0. The average molecular weight is 345 g/mol. The molecule has 6 heteroatoms. The Hall–Kier alpha value is -1.95. The van der Waals surface area contributed by atoms with Gasteiger partial charge in [0.15, 0.2) is 5.82 Å². The van der Waals surface area contributed by atoms with Crippen LogP contribution >= 0.6 is 0 Å². The number of rotatable bonds is 3. The number of piperidine rings is 1. The van der Waals surface area contributed by atoms with Gasteiger partial charge in [-0.1, -0.05) is 26.8 Å². The van der Waals surface area contributed by atoms with Gasteiger partial charge in [0.25, 0.3) is 0 Å². The van der Waals surface area contributed by atoms with Crippen molar-refractivity contribution in [2.45, 2.75) is 45.4 Å². The second-order valence-electron chi connectivity index (χ2n) is 6.62. The van der Waals surface area contributed by atoms with Crippen LogP contribution in [0.15, 0.2) is 23.3 Å². The van der Waals surface area contributed by atoms with Crippen LogP contribution < -0.4 is 5.73 Å². The van der Waals surface area contributed by atoms with Gasteiger partial charge in [0.2, 0.25) is 0 Å². The third-order valence-corrected chi connectivity index (χ3v) is 5.43. The highest BCUT2D eigenvalue weighted by Crippen LogP contribution is 2.43. The molecule has 0 bridgehead atoms. The Morgan fingerprint density at radius 1 is 1.24 bits per heavy atom. The van der Waals surface area contributed by atoms with Crippen LogP contribution in [0, 0.1) is 0 Å². The Bertz CT molecular complexity index is 584. The number of primary amides is 1. The minimum absolute atomic E-state index is 0.0945. The number of nitrogens with zero attached hydrogens (tertiary/aromatic N) is 4. The second kappa shape index (κ2) is 8.94. The predicted octanol–water partition coefficient (Wildman–Crippen LogP) is 2.95. The summed E-state index contributed by atoms with van der Waals surface area (Å²) in [4.78, 5) is 23.9. The van der Waals surface area contributed by atoms with Gasteiger partial charge in [0.05, 0.1) is 0 Å². The topological polar surface area (TPSA) is 74.8 Å². The van der Waals surface area contributed by atoms with Crippen LogP contribution in [0.5, 0.6) is 0 Å². The number of aliphatic imine (C=N–C) groups is 1. The fraction of sp³-hybridized carbons (Fsp3) is 0.632. The average Bonchev–Trinajstić information content (AvgIpc) is 2.65. The number of fused-ring (bicyclic) bond motifs is 2. The van der Waals surface area contributed by atoms with Crippen molar-refractivity contribution in [2.75, 3.05) is 32.7 Å². The van der Waals surface area contributed by atoms with Crippen molar-refractivity contribution in [1.82, 2.24) is 14.8 Å². The van der Waals surface area contributed by atoms with Crippen molar-refractivity contribution in [3.8, 4) is 0 Å². The second-order valence-corrected chi connectivity index (χ2v) is 6.62. The van der Waals surface area contributed by atoms with Crippen LogP contribution in [0.2, 0.25) is 0 Å². The molecule has 1 aromatic heterocycles. The quantitative estimate of drug-likeness (QED) is 0.915. The number of pyridine rings is 1. The Balaban J connectivity index is 0.000000277. The van der Waals surface area contributed by atoms with E-state index in [-0.39, 0.29) is 11.4 Å². The van der Waals surface area contributed by atoms with Crippen LogP contribution in [0.25, 0.3) is 0 Å². The maximum atomic E-state index is 11.2. The molecular weight excluding hydrogens is 314 g/mol. The summed E-state index contributed by atoms with van der Waals surface area (Å²) in [6, 6.07) is 3.75. The molecule has 0 aromatic carbocycles. The normalized spacial score (nSPS) is 17.8. The third-order valence-electron chi connectivity index (χ3n) is 5.43. The molecule has 0 radical (unpaired) electrons. The molecule has 0 atom stereocenters. The number of hydrogen-bond donors (Lipinski definition) is 1. The number of hydrogen-bond acceptors (Lipinski definition) is 4. The van der Waals surface area contributed by atoms with E-state index in [4.69, 9.17) is 5.73 Å². The van der Waals surface area contributed by atoms with E-state index in [9.17, 15) is 4.79 Å². The maximum Gasteiger partial charge on any atom is 0.314 e. The van der Waals surface area contributed by atoms with Crippen molar-refractivity contribution in [3.63, 3.8) is 0 Å². The van der Waals surface area contributed by atoms with Gasteiger partial charge in [0.1, 0.15) is 0 Å². The lowest BCUT2D eigenvalue weighted by molar-refractivity contribution is 0.166. The fourth-order valence-corrected chi connectivity index (χ4v) is 3.63. The van der Waals surface area contributed by atoms with E-state index in [1.807, 2.05) is 12.3 Å². The van der Waals surface area contributed by atoms with E-state index < -0.39 is 0 Å². The molecule has 1 spiro atoms. The molecule has 6 nitrogen and oxygen atoms in total. The molecule has 3 heterocycles. The Labute approximate surface area is 151 Å². The van der Waals surface area contributed by atoms with Crippen LogP contribution in [0.1, 0.15) is 45.6 Å². The van der Waals surface area contributed by atoms with Crippen molar-refractivity contribution in [2.24, 2.45) is 10.7 Å². The lowest BCUT2D eigenvalue weighted by Gasteiger charge is -2.42. The summed E-state index contributed by atoms with van der Waals surface area (Å²) in [5, 5.41) is 0. The molecule has 2 amide bonds. The van der Waals surface area contributed by atoms with E-state index in [0.717, 1.165) is 38.2 Å². The van der Waals surface area contributed by atoms with Gasteiger partial charge in [-0.2, -0.15) is 0 Å². The minimum Gasteiger partial charge on any atom is -0.351 e. The predicted molar refractivity (Wildman–Crippen MR) is 103 cm³/mol. The molecule has 1 saturated heterocycles. The number of urea groups is 1. The SMILES string of the molecule is CCN(CC)CC.NC(=O)N1CCC2(CC=Nc3ncccc32)CC1. The summed E-state index contributed by atoms with van der Waals surface area (Å²) in [5.74, 6) is 0.830. The highest BCUT2D eigenvalue weighted by Gasteiger charge is 2.39. The summed E-state index contributed by atoms with van der Waals surface area (Å²) < 4.78 is 0. The maximum absolute atomic E-state index is 11.2. The van der Waals surface area contributed by atoms with Crippen LogP contribution in [-0.4, -0.2) is 59.8 Å². The van der Waals surface area contributed by atoms with Crippen LogP contribution in [-0.2, 0) is 5.41 Å². The first-order valence-corrected chi connectivity index (χ1v) is 9.31. The Morgan fingerprint density at radius 2 is 1.88 bits per heavy atom. The first-order chi connectivity index (χ1) is 12.1. The van der Waals surface area contributed by atoms with Gasteiger partial charge in [-0.25, -0.2) is 14.8 Å². The largest absolute Gasteiger partial charge is 0.351 e. The summed E-state index contributed by atoms with van der Waals surface area (Å²) in [6.45, 7) is 11.6. The highest BCUT2D eigenvalue weighted by molar-refractivity contribution is 5.73. The van der Waals surface area contributed by atoms with Gasteiger partial charge in [0, 0.05) is 36.5 Å². The van der Waals surface area contributed by atoms with Crippen LogP contribution in [0.3, 0.4) is 0 Å².